The first-order valence-electron chi connectivity index (χ1n) is 6.16. The third-order valence-corrected chi connectivity index (χ3v) is 2.73. The maximum absolute atomic E-state index is 11.8. The van der Waals surface area contributed by atoms with Crippen molar-refractivity contribution in [3.63, 3.8) is 0 Å². The van der Waals surface area contributed by atoms with Gasteiger partial charge < -0.3 is 9.47 Å². The van der Waals surface area contributed by atoms with Crippen molar-refractivity contribution in [2.45, 2.75) is 6.54 Å². The van der Waals surface area contributed by atoms with Crippen LogP contribution in [0.1, 0.15) is 5.56 Å². The van der Waals surface area contributed by atoms with Gasteiger partial charge in [-0.15, -0.1) is 5.10 Å². The molecule has 0 saturated carbocycles. The van der Waals surface area contributed by atoms with Crippen LogP contribution in [0.4, 0.5) is 0 Å². The zero-order chi connectivity index (χ0) is 14.4. The van der Waals surface area contributed by atoms with Crippen LogP contribution in [0.2, 0.25) is 0 Å². The fraction of sp³-hybridized carbons (Fsp3) is 0.200. The Kier molecular flexibility index (Phi) is 4.55. The Morgan fingerprint density at radius 3 is 2.60 bits per heavy atom. The van der Waals surface area contributed by atoms with Crippen LogP contribution in [0.5, 0.6) is 11.6 Å². The highest BCUT2D eigenvalue weighted by molar-refractivity contribution is 5.48. The van der Waals surface area contributed by atoms with Gasteiger partial charge in [0, 0.05) is 0 Å². The molecule has 0 unspecified atom stereocenters. The maximum Gasteiger partial charge on any atom is 0.274 e. The Bertz CT molecular complexity index is 648. The van der Waals surface area contributed by atoms with Crippen molar-refractivity contribution in [1.82, 2.24) is 9.78 Å². The first-order chi connectivity index (χ1) is 9.74. The van der Waals surface area contributed by atoms with Gasteiger partial charge in [0.25, 0.3) is 11.4 Å². The van der Waals surface area contributed by atoms with E-state index in [2.05, 4.69) is 5.10 Å². The van der Waals surface area contributed by atoms with E-state index in [1.165, 1.54) is 25.0 Å². The molecule has 1 aromatic carbocycles. The first-order valence-corrected chi connectivity index (χ1v) is 6.16. The zero-order valence-electron chi connectivity index (χ0n) is 11.4. The van der Waals surface area contributed by atoms with Crippen LogP contribution in [0, 0.1) is 0 Å². The first kappa shape index (κ1) is 13.9. The van der Waals surface area contributed by atoms with Crippen molar-refractivity contribution < 1.29 is 9.47 Å². The number of nitrogens with zero attached hydrogens (tertiary/aromatic N) is 2. The highest BCUT2D eigenvalue weighted by atomic mass is 16.5. The lowest BCUT2D eigenvalue weighted by Gasteiger charge is -2.08. The monoisotopic (exact) mass is 272 g/mol. The average Bonchev–Trinajstić information content (AvgIpc) is 2.49. The van der Waals surface area contributed by atoms with Gasteiger partial charge in [0.05, 0.1) is 26.8 Å². The highest BCUT2D eigenvalue weighted by Crippen LogP contribution is 2.19. The summed E-state index contributed by atoms with van der Waals surface area (Å²) < 4.78 is 11.4. The molecule has 5 heteroatoms. The van der Waals surface area contributed by atoms with Crippen LogP contribution >= 0.6 is 0 Å². The van der Waals surface area contributed by atoms with E-state index >= 15 is 0 Å². The predicted octanol–water partition coefficient (Wildman–Crippen LogP) is 1.97. The van der Waals surface area contributed by atoms with Crippen LogP contribution in [0.25, 0.3) is 6.08 Å². The molecule has 0 aliphatic carbocycles. The molecule has 2 rings (SSSR count). The molecule has 0 bridgehead atoms. The molecule has 0 fully saturated rings. The molecule has 0 radical (unpaired) electrons. The average molecular weight is 272 g/mol. The minimum absolute atomic E-state index is 0.236. The number of aromatic nitrogens is 2. The van der Waals surface area contributed by atoms with E-state index in [-0.39, 0.29) is 5.56 Å². The van der Waals surface area contributed by atoms with Crippen LogP contribution in [-0.2, 0) is 6.54 Å². The summed E-state index contributed by atoms with van der Waals surface area (Å²) in [4.78, 5) is 11.8. The quantitative estimate of drug-likeness (QED) is 0.835. The van der Waals surface area contributed by atoms with Gasteiger partial charge in [-0.3, -0.25) is 4.79 Å². The van der Waals surface area contributed by atoms with E-state index in [4.69, 9.17) is 9.47 Å². The number of allylic oxidation sites excluding steroid dienone is 1. The molecule has 104 valence electrons. The topological polar surface area (TPSA) is 53.4 Å². The summed E-state index contributed by atoms with van der Waals surface area (Å²) in [6.07, 6.45) is 3.81. The third kappa shape index (κ3) is 3.26. The summed E-state index contributed by atoms with van der Waals surface area (Å²) in [6.45, 7) is 0.369. The molecule has 0 saturated heterocycles. The third-order valence-electron chi connectivity index (χ3n) is 2.73. The van der Waals surface area contributed by atoms with Crippen molar-refractivity contribution in [2.24, 2.45) is 0 Å². The molecule has 0 spiro atoms. The summed E-state index contributed by atoms with van der Waals surface area (Å²) >= 11 is 0. The highest BCUT2D eigenvalue weighted by Gasteiger charge is 2.08. The number of rotatable bonds is 5. The minimum Gasteiger partial charge on any atom is -0.491 e. The Morgan fingerprint density at radius 2 is 1.95 bits per heavy atom. The fourth-order valence-electron chi connectivity index (χ4n) is 1.73. The standard InChI is InChI=1S/C15H16N2O3/c1-19-13-11-14(18)17(16-15(13)20-2)10-6-9-12-7-4-3-5-8-12/h3-9,11H,10H2,1-2H3/b9-6+. The summed E-state index contributed by atoms with van der Waals surface area (Å²) in [5, 5.41) is 4.10. The van der Waals surface area contributed by atoms with Crippen molar-refractivity contribution in [3.05, 3.63) is 58.4 Å². The molecule has 0 N–H and O–H groups in total. The number of benzene rings is 1. The second kappa shape index (κ2) is 6.56. The van der Waals surface area contributed by atoms with E-state index in [0.29, 0.717) is 18.2 Å². The van der Waals surface area contributed by atoms with Gasteiger partial charge >= 0.3 is 0 Å². The molecule has 0 aliphatic heterocycles. The lowest BCUT2D eigenvalue weighted by Crippen LogP contribution is -2.22. The molecule has 0 amide bonds. The van der Waals surface area contributed by atoms with Crippen LogP contribution in [-0.4, -0.2) is 24.0 Å². The van der Waals surface area contributed by atoms with Gasteiger partial charge in [-0.2, -0.15) is 0 Å². The number of hydrogen-bond donors (Lipinski definition) is 0. The van der Waals surface area contributed by atoms with Crippen molar-refractivity contribution in [1.29, 1.82) is 0 Å². The Hall–Kier alpha value is -2.56. The number of methoxy groups -OCH3 is 2. The second-order valence-electron chi connectivity index (χ2n) is 4.06. The number of ether oxygens (including phenoxy) is 2. The molecular formula is C15H16N2O3. The van der Waals surface area contributed by atoms with Gasteiger partial charge in [0.1, 0.15) is 0 Å². The normalized spacial score (nSPS) is 10.7. The lowest BCUT2D eigenvalue weighted by molar-refractivity contribution is 0.329. The van der Waals surface area contributed by atoms with E-state index in [1.54, 1.807) is 0 Å². The minimum atomic E-state index is -0.236. The molecule has 5 nitrogen and oxygen atoms in total. The summed E-state index contributed by atoms with van der Waals surface area (Å²) in [6, 6.07) is 11.2. The van der Waals surface area contributed by atoms with Crippen molar-refractivity contribution >= 4 is 6.08 Å². The fourth-order valence-corrected chi connectivity index (χ4v) is 1.73. The van der Waals surface area contributed by atoms with Gasteiger partial charge in [0.2, 0.25) is 0 Å². The van der Waals surface area contributed by atoms with Gasteiger partial charge in [0.15, 0.2) is 5.75 Å². The van der Waals surface area contributed by atoms with Crippen LogP contribution in [0.15, 0.2) is 47.3 Å². The summed E-state index contributed by atoms with van der Waals surface area (Å²) in [5.74, 6) is 0.626. The SMILES string of the molecule is COc1cc(=O)n(C/C=C/c2ccccc2)nc1OC. The Labute approximate surface area is 117 Å². The molecule has 0 atom stereocenters. The summed E-state index contributed by atoms with van der Waals surface area (Å²) in [7, 11) is 2.96. The van der Waals surface area contributed by atoms with Gasteiger partial charge in [-0.05, 0) is 5.56 Å². The maximum atomic E-state index is 11.8. The summed E-state index contributed by atoms with van der Waals surface area (Å²) in [5.41, 5.74) is 0.835. The molecule has 2 aromatic rings. The smallest absolute Gasteiger partial charge is 0.274 e. The van der Waals surface area contributed by atoms with Crippen LogP contribution in [0.3, 0.4) is 0 Å². The zero-order valence-corrected chi connectivity index (χ0v) is 11.4. The van der Waals surface area contributed by atoms with Crippen molar-refractivity contribution in [2.75, 3.05) is 14.2 Å². The van der Waals surface area contributed by atoms with Crippen LogP contribution < -0.4 is 15.0 Å². The second-order valence-corrected chi connectivity index (χ2v) is 4.06. The largest absolute Gasteiger partial charge is 0.491 e. The predicted molar refractivity (Wildman–Crippen MR) is 77.1 cm³/mol. The van der Waals surface area contributed by atoms with Crippen molar-refractivity contribution in [3.8, 4) is 11.6 Å². The Balaban J connectivity index is 2.18. The lowest BCUT2D eigenvalue weighted by atomic mass is 10.2. The van der Waals surface area contributed by atoms with E-state index in [1.807, 2.05) is 42.5 Å². The molecule has 20 heavy (non-hydrogen) atoms. The Morgan fingerprint density at radius 1 is 1.20 bits per heavy atom. The molecular weight excluding hydrogens is 256 g/mol. The number of hydrogen-bond acceptors (Lipinski definition) is 4. The van der Waals surface area contributed by atoms with E-state index < -0.39 is 0 Å². The van der Waals surface area contributed by atoms with E-state index in [9.17, 15) is 4.79 Å². The molecule has 1 heterocycles. The molecule has 1 aromatic heterocycles. The van der Waals surface area contributed by atoms with E-state index in [0.717, 1.165) is 5.56 Å². The van der Waals surface area contributed by atoms with Gasteiger partial charge in [-0.1, -0.05) is 42.5 Å². The van der Waals surface area contributed by atoms with Gasteiger partial charge in [-0.25, -0.2) is 4.68 Å². The molecule has 0 aliphatic rings.